The third-order valence-electron chi connectivity index (χ3n) is 2.77. The first kappa shape index (κ1) is 19.5. The van der Waals surface area contributed by atoms with Gasteiger partial charge in [-0.25, -0.2) is 14.3 Å². The van der Waals surface area contributed by atoms with Crippen LogP contribution in [0.1, 0.15) is 47.0 Å². The Labute approximate surface area is 142 Å². The Morgan fingerprint density at radius 2 is 1.87 bits per heavy atom. The van der Waals surface area contributed by atoms with Crippen molar-refractivity contribution in [3.05, 3.63) is 30.3 Å². The summed E-state index contributed by atoms with van der Waals surface area (Å²) >= 11 is 0.789. The Morgan fingerprint density at radius 1 is 1.22 bits per heavy atom. The quantitative estimate of drug-likeness (QED) is 0.453. The van der Waals surface area contributed by atoms with Gasteiger partial charge in [-0.3, -0.25) is 0 Å². The van der Waals surface area contributed by atoms with Crippen LogP contribution < -0.4 is 9.46 Å². The molecule has 1 rings (SSSR count). The number of nitrogens with one attached hydrogen (secondary N) is 1. The number of para-hydroxylation sites is 1. The highest BCUT2D eigenvalue weighted by molar-refractivity contribution is 8.11. The number of hydrogen-bond donors (Lipinski definition) is 1. The van der Waals surface area contributed by atoms with Crippen molar-refractivity contribution >= 4 is 23.2 Å². The summed E-state index contributed by atoms with van der Waals surface area (Å²) in [5.41, 5.74) is -0.560. The Balaban J connectivity index is 2.57. The van der Waals surface area contributed by atoms with E-state index in [1.54, 1.807) is 45.0 Å². The lowest BCUT2D eigenvalue weighted by atomic mass is 10.1. The van der Waals surface area contributed by atoms with Crippen molar-refractivity contribution in [1.29, 1.82) is 0 Å². The summed E-state index contributed by atoms with van der Waals surface area (Å²) in [7, 11) is 0. The lowest BCUT2D eigenvalue weighted by molar-refractivity contribution is -0.136. The molecule has 5 nitrogen and oxygen atoms in total. The molecule has 6 heteroatoms. The molecule has 0 aliphatic carbocycles. The number of carbonyl (C=O) groups is 2. The van der Waals surface area contributed by atoms with Gasteiger partial charge in [-0.2, -0.15) is 0 Å². The van der Waals surface area contributed by atoms with E-state index >= 15 is 0 Å². The summed E-state index contributed by atoms with van der Waals surface area (Å²) in [6.07, 6.45) is 2.41. The molecule has 1 aromatic rings. The van der Waals surface area contributed by atoms with Gasteiger partial charge in [-0.15, -0.1) is 0 Å². The van der Waals surface area contributed by atoms with E-state index in [4.69, 9.17) is 9.47 Å². The molecule has 128 valence electrons. The largest absolute Gasteiger partial charge is 0.451 e. The molecule has 0 heterocycles. The van der Waals surface area contributed by atoms with Gasteiger partial charge in [-0.1, -0.05) is 38.0 Å². The molecule has 0 saturated carbocycles. The normalized spacial score (nSPS) is 12.5. The first-order valence-corrected chi connectivity index (χ1v) is 8.55. The third-order valence-corrected chi connectivity index (χ3v) is 3.42. The molecule has 0 radical (unpaired) electrons. The topological polar surface area (TPSA) is 64.6 Å². The predicted molar refractivity (Wildman–Crippen MR) is 92.4 cm³/mol. The van der Waals surface area contributed by atoms with Gasteiger partial charge in [-0.05, 0) is 39.3 Å². The maximum absolute atomic E-state index is 12.3. The molecule has 0 unspecified atom stereocenters. The Hall–Kier alpha value is -1.53. The van der Waals surface area contributed by atoms with Crippen molar-refractivity contribution in [2.45, 2.75) is 58.6 Å². The maximum Gasteiger partial charge on any atom is 0.383 e. The minimum atomic E-state index is -0.562. The van der Waals surface area contributed by atoms with Crippen molar-refractivity contribution in [3.63, 3.8) is 0 Å². The van der Waals surface area contributed by atoms with E-state index < -0.39 is 22.9 Å². The van der Waals surface area contributed by atoms with Gasteiger partial charge in [0.05, 0.1) is 0 Å². The van der Waals surface area contributed by atoms with Gasteiger partial charge in [0.25, 0.3) is 0 Å². The van der Waals surface area contributed by atoms with E-state index in [1.807, 2.05) is 13.0 Å². The number of hydrogen-bond acceptors (Lipinski definition) is 6. The zero-order valence-electron chi connectivity index (χ0n) is 14.1. The first-order valence-electron chi connectivity index (χ1n) is 7.74. The zero-order valence-corrected chi connectivity index (χ0v) is 14.9. The van der Waals surface area contributed by atoms with Gasteiger partial charge in [0.15, 0.2) is 0 Å². The lowest BCUT2D eigenvalue weighted by Gasteiger charge is -2.20. The van der Waals surface area contributed by atoms with Crippen LogP contribution in [0.15, 0.2) is 30.3 Å². The number of carbonyl (C=O) groups excluding carboxylic acids is 2. The van der Waals surface area contributed by atoms with Gasteiger partial charge in [0.1, 0.15) is 17.4 Å². The van der Waals surface area contributed by atoms with Gasteiger partial charge < -0.3 is 9.47 Å². The van der Waals surface area contributed by atoms with Crippen LogP contribution in [-0.2, 0) is 9.53 Å². The number of unbranched alkanes of at least 4 members (excludes halogenated alkanes) is 1. The molecule has 1 atom stereocenters. The molecular formula is C17H25NO4S. The maximum atomic E-state index is 12.3. The molecule has 0 aliphatic rings. The minimum absolute atomic E-state index is 0.402. The molecule has 0 bridgehead atoms. The summed E-state index contributed by atoms with van der Waals surface area (Å²) in [4.78, 5) is 24.0. The molecule has 0 spiro atoms. The summed E-state index contributed by atoms with van der Waals surface area (Å²) in [6, 6.07) is 8.32. The highest BCUT2D eigenvalue weighted by atomic mass is 32.2. The standard InChI is InChI=1S/C17H25NO4S/c1-5-6-12-14(18-23-16(20)22-17(2,3)4)15(19)21-13-10-8-7-9-11-13/h7-11,14,18H,5-6,12H2,1-4H3/t14-/m0/s1. The van der Waals surface area contributed by atoms with E-state index in [2.05, 4.69) is 4.72 Å². The van der Waals surface area contributed by atoms with Gasteiger partial charge in [0, 0.05) is 11.9 Å². The molecule has 0 fully saturated rings. The van der Waals surface area contributed by atoms with E-state index in [9.17, 15) is 9.59 Å². The molecule has 1 aromatic carbocycles. The summed E-state index contributed by atoms with van der Waals surface area (Å²) in [5.74, 6) is 0.0868. The Morgan fingerprint density at radius 3 is 2.43 bits per heavy atom. The monoisotopic (exact) mass is 339 g/mol. The van der Waals surface area contributed by atoms with Crippen LogP contribution in [0, 0.1) is 0 Å². The number of esters is 1. The van der Waals surface area contributed by atoms with Crippen LogP contribution in [0.25, 0.3) is 0 Å². The number of benzene rings is 1. The second-order valence-corrected chi connectivity index (χ2v) is 6.89. The Kier molecular flexibility index (Phi) is 8.12. The van der Waals surface area contributed by atoms with Crippen LogP contribution >= 0.6 is 11.9 Å². The second-order valence-electron chi connectivity index (χ2n) is 6.11. The number of rotatable bonds is 7. The van der Waals surface area contributed by atoms with Crippen molar-refractivity contribution in [1.82, 2.24) is 4.72 Å². The average molecular weight is 339 g/mol. The SMILES string of the molecule is CCCC[C@H](NSC(=O)OC(C)(C)C)C(=O)Oc1ccccc1. The van der Waals surface area contributed by atoms with E-state index in [0.717, 1.165) is 24.8 Å². The summed E-state index contributed by atoms with van der Waals surface area (Å²) in [5, 5.41) is -0.466. The molecule has 0 amide bonds. The number of ether oxygens (including phenoxy) is 2. The van der Waals surface area contributed by atoms with Crippen LogP contribution in [0.2, 0.25) is 0 Å². The molecule has 23 heavy (non-hydrogen) atoms. The van der Waals surface area contributed by atoms with Crippen LogP contribution in [0.3, 0.4) is 0 Å². The van der Waals surface area contributed by atoms with Gasteiger partial charge >= 0.3 is 11.3 Å². The summed E-state index contributed by atoms with van der Waals surface area (Å²) in [6.45, 7) is 7.43. The van der Waals surface area contributed by atoms with Crippen LogP contribution in [0.4, 0.5) is 4.79 Å². The van der Waals surface area contributed by atoms with Crippen molar-refractivity contribution in [3.8, 4) is 5.75 Å². The first-order chi connectivity index (χ1) is 10.8. The molecule has 1 N–H and O–H groups in total. The second kappa shape index (κ2) is 9.57. The molecule has 0 aromatic heterocycles. The highest BCUT2D eigenvalue weighted by Crippen LogP contribution is 2.16. The van der Waals surface area contributed by atoms with Crippen LogP contribution in [-0.4, -0.2) is 22.9 Å². The third kappa shape index (κ3) is 8.62. The smallest absolute Gasteiger partial charge is 0.383 e. The van der Waals surface area contributed by atoms with E-state index in [-0.39, 0.29) is 0 Å². The van der Waals surface area contributed by atoms with Gasteiger partial charge in [0.2, 0.25) is 0 Å². The highest BCUT2D eigenvalue weighted by Gasteiger charge is 2.23. The molecule has 0 aliphatic heterocycles. The fraction of sp³-hybridized carbons (Fsp3) is 0.529. The predicted octanol–water partition coefficient (Wildman–Crippen LogP) is 4.32. The zero-order chi connectivity index (χ0) is 17.3. The molecular weight excluding hydrogens is 314 g/mol. The average Bonchev–Trinajstić information content (AvgIpc) is 2.46. The lowest BCUT2D eigenvalue weighted by Crippen LogP contribution is -2.37. The van der Waals surface area contributed by atoms with E-state index in [1.165, 1.54) is 0 Å². The van der Waals surface area contributed by atoms with E-state index in [0.29, 0.717) is 12.2 Å². The fourth-order valence-corrected chi connectivity index (χ4v) is 2.44. The molecule has 0 saturated heterocycles. The van der Waals surface area contributed by atoms with Crippen molar-refractivity contribution in [2.75, 3.05) is 0 Å². The Bertz CT molecular complexity index is 499. The van der Waals surface area contributed by atoms with Crippen molar-refractivity contribution < 1.29 is 19.1 Å². The summed E-state index contributed by atoms with van der Waals surface area (Å²) < 4.78 is 13.4. The van der Waals surface area contributed by atoms with Crippen molar-refractivity contribution in [2.24, 2.45) is 0 Å². The fourth-order valence-electron chi connectivity index (χ4n) is 1.70. The minimum Gasteiger partial charge on any atom is -0.451 e. The van der Waals surface area contributed by atoms with Crippen LogP contribution in [0.5, 0.6) is 5.75 Å².